The molecule has 0 fully saturated rings. The molecule has 2 atom stereocenters. The van der Waals surface area contributed by atoms with Crippen LogP contribution in [0.15, 0.2) is 77.7 Å². The molecule has 1 amide bonds. The molecule has 2 N–H and O–H groups in total. The Morgan fingerprint density at radius 2 is 2.08 bits per heavy atom. The fourth-order valence-corrected chi connectivity index (χ4v) is 4.17. The molecule has 0 bridgehead atoms. The van der Waals surface area contributed by atoms with E-state index in [0.717, 1.165) is 11.1 Å². The standard InChI is InChI=1S/C20H17ClFNO2S/c1-12(24)18-16(13-7-9-14(21)10-8-13)11-26-20(18)23-19(25)15-5-3-2-4-6-17(15)22/h2,4-11,18,20,24H,1,3H2,(H,23,25). The first kappa shape index (κ1) is 18.5. The maximum absolute atomic E-state index is 14.0. The first-order valence-electron chi connectivity index (χ1n) is 8.00. The number of nitrogens with one attached hydrogen (secondary N) is 1. The maximum Gasteiger partial charge on any atom is 0.254 e. The van der Waals surface area contributed by atoms with Gasteiger partial charge in [-0.3, -0.25) is 4.79 Å². The summed E-state index contributed by atoms with van der Waals surface area (Å²) in [7, 11) is 0. The topological polar surface area (TPSA) is 49.3 Å². The lowest BCUT2D eigenvalue weighted by molar-refractivity contribution is -0.117. The van der Waals surface area contributed by atoms with Crippen molar-refractivity contribution in [3.05, 3.63) is 88.3 Å². The van der Waals surface area contributed by atoms with Crippen LogP contribution >= 0.6 is 23.4 Å². The van der Waals surface area contributed by atoms with Crippen LogP contribution in [0.25, 0.3) is 5.57 Å². The number of carbonyl (C=O) groups excluding carboxylic acids is 1. The number of aliphatic hydroxyl groups excluding tert-OH is 1. The van der Waals surface area contributed by atoms with Crippen molar-refractivity contribution in [2.24, 2.45) is 5.92 Å². The van der Waals surface area contributed by atoms with Gasteiger partial charge in [-0.15, -0.1) is 11.8 Å². The van der Waals surface area contributed by atoms with Crippen molar-refractivity contribution < 1.29 is 14.3 Å². The molecule has 1 aromatic rings. The third kappa shape index (κ3) is 3.94. The fraction of sp³-hybridized carbons (Fsp3) is 0.150. The van der Waals surface area contributed by atoms with Crippen LogP contribution in [0.3, 0.4) is 0 Å². The van der Waals surface area contributed by atoms with Gasteiger partial charge in [0.25, 0.3) is 5.91 Å². The molecule has 3 nitrogen and oxygen atoms in total. The molecule has 0 saturated carbocycles. The molecule has 1 aliphatic heterocycles. The first-order chi connectivity index (χ1) is 12.5. The van der Waals surface area contributed by atoms with E-state index in [1.807, 2.05) is 17.5 Å². The van der Waals surface area contributed by atoms with Crippen molar-refractivity contribution in [3.63, 3.8) is 0 Å². The normalized spacial score (nSPS) is 22.2. The number of aliphatic hydroxyl groups is 1. The van der Waals surface area contributed by atoms with Crippen molar-refractivity contribution in [2.75, 3.05) is 0 Å². The van der Waals surface area contributed by atoms with Gasteiger partial charge in [0.2, 0.25) is 0 Å². The molecule has 1 aromatic carbocycles. The quantitative estimate of drug-likeness (QED) is 0.687. The van der Waals surface area contributed by atoms with Crippen LogP contribution in [0.2, 0.25) is 5.02 Å². The smallest absolute Gasteiger partial charge is 0.254 e. The van der Waals surface area contributed by atoms with E-state index in [1.54, 1.807) is 30.4 Å². The van der Waals surface area contributed by atoms with Crippen LogP contribution < -0.4 is 5.32 Å². The number of amides is 1. The molecule has 1 heterocycles. The number of hydrogen-bond donors (Lipinski definition) is 2. The number of halogens is 2. The summed E-state index contributed by atoms with van der Waals surface area (Å²) in [6, 6.07) is 7.21. The van der Waals surface area contributed by atoms with Gasteiger partial charge < -0.3 is 10.4 Å². The molecule has 6 heteroatoms. The second kappa shape index (κ2) is 7.98. The highest BCUT2D eigenvalue weighted by Crippen LogP contribution is 2.43. The minimum atomic E-state index is -0.579. The Morgan fingerprint density at radius 1 is 1.35 bits per heavy atom. The van der Waals surface area contributed by atoms with E-state index in [1.165, 1.54) is 17.8 Å². The molecule has 134 valence electrons. The second-order valence-corrected chi connectivity index (χ2v) is 7.33. The molecule has 2 unspecified atom stereocenters. The van der Waals surface area contributed by atoms with E-state index in [-0.39, 0.29) is 11.3 Å². The predicted octanol–water partition coefficient (Wildman–Crippen LogP) is 5.30. The zero-order valence-corrected chi connectivity index (χ0v) is 15.4. The van der Waals surface area contributed by atoms with Crippen molar-refractivity contribution in [2.45, 2.75) is 11.8 Å². The van der Waals surface area contributed by atoms with E-state index in [2.05, 4.69) is 11.9 Å². The lowest BCUT2D eigenvalue weighted by Gasteiger charge is -2.23. The highest BCUT2D eigenvalue weighted by atomic mass is 35.5. The number of thioether (sulfide) groups is 1. The number of benzene rings is 1. The van der Waals surface area contributed by atoms with Crippen LogP contribution in [0, 0.1) is 5.92 Å². The monoisotopic (exact) mass is 389 g/mol. The summed E-state index contributed by atoms with van der Waals surface area (Å²) in [5, 5.41) is 14.9. The number of rotatable bonds is 4. The van der Waals surface area contributed by atoms with Gasteiger partial charge in [-0.05, 0) is 41.2 Å². The first-order valence-corrected chi connectivity index (χ1v) is 9.32. The predicted molar refractivity (Wildman–Crippen MR) is 105 cm³/mol. The van der Waals surface area contributed by atoms with Gasteiger partial charge in [0.1, 0.15) is 5.83 Å². The summed E-state index contributed by atoms with van der Waals surface area (Å²) in [5.74, 6) is -1.66. The Kier molecular flexibility index (Phi) is 5.69. The van der Waals surface area contributed by atoms with Gasteiger partial charge in [0, 0.05) is 5.02 Å². The molecule has 26 heavy (non-hydrogen) atoms. The van der Waals surface area contributed by atoms with Gasteiger partial charge in [0.15, 0.2) is 0 Å². The van der Waals surface area contributed by atoms with Gasteiger partial charge in [-0.1, -0.05) is 48.5 Å². The molecule has 3 rings (SSSR count). The van der Waals surface area contributed by atoms with Crippen LogP contribution in [0.5, 0.6) is 0 Å². The SMILES string of the molecule is C=C(O)C1C(c2ccc(Cl)cc2)=CSC1NC(=O)C1=CCC=CC=C1F. The van der Waals surface area contributed by atoms with Gasteiger partial charge >= 0.3 is 0 Å². The molecule has 0 saturated heterocycles. The Labute approximate surface area is 160 Å². The molecule has 0 spiro atoms. The van der Waals surface area contributed by atoms with E-state index in [4.69, 9.17) is 11.6 Å². The fourth-order valence-electron chi connectivity index (χ4n) is 2.84. The van der Waals surface area contributed by atoms with Crippen molar-refractivity contribution in [3.8, 4) is 0 Å². The summed E-state index contributed by atoms with van der Waals surface area (Å²) >= 11 is 7.28. The molecule has 1 aliphatic carbocycles. The van der Waals surface area contributed by atoms with Gasteiger partial charge in [-0.2, -0.15) is 0 Å². The summed E-state index contributed by atoms with van der Waals surface area (Å²) in [6.45, 7) is 3.64. The van der Waals surface area contributed by atoms with Crippen molar-refractivity contribution in [1.29, 1.82) is 0 Å². The zero-order valence-electron chi connectivity index (χ0n) is 13.8. The third-order valence-electron chi connectivity index (χ3n) is 4.13. The molecular formula is C20H17ClFNO2S. The lowest BCUT2D eigenvalue weighted by atomic mass is 9.92. The number of hydrogen-bond acceptors (Lipinski definition) is 3. The van der Waals surface area contributed by atoms with E-state index in [0.29, 0.717) is 11.4 Å². The molecule has 0 radical (unpaired) electrons. The second-order valence-electron chi connectivity index (χ2n) is 5.88. The lowest BCUT2D eigenvalue weighted by Crippen LogP contribution is -2.38. The minimum absolute atomic E-state index is 0.00200. The minimum Gasteiger partial charge on any atom is -0.512 e. The summed E-state index contributed by atoms with van der Waals surface area (Å²) in [6.07, 6.45) is 6.63. The molecule has 0 aromatic heterocycles. The van der Waals surface area contributed by atoms with Gasteiger partial charge in [0.05, 0.1) is 22.6 Å². The average molecular weight is 390 g/mol. The van der Waals surface area contributed by atoms with E-state index < -0.39 is 23.0 Å². The highest BCUT2D eigenvalue weighted by molar-refractivity contribution is 8.03. The average Bonchev–Trinajstić information content (AvgIpc) is 2.89. The highest BCUT2D eigenvalue weighted by Gasteiger charge is 2.35. The summed E-state index contributed by atoms with van der Waals surface area (Å²) in [4.78, 5) is 12.5. The maximum atomic E-state index is 14.0. The molecular weight excluding hydrogens is 373 g/mol. The van der Waals surface area contributed by atoms with Crippen LogP contribution in [0.1, 0.15) is 12.0 Å². The van der Waals surface area contributed by atoms with Crippen molar-refractivity contribution in [1.82, 2.24) is 5.32 Å². The van der Waals surface area contributed by atoms with Crippen LogP contribution in [-0.2, 0) is 4.79 Å². The van der Waals surface area contributed by atoms with Crippen LogP contribution in [0.4, 0.5) is 4.39 Å². The van der Waals surface area contributed by atoms with E-state index >= 15 is 0 Å². The van der Waals surface area contributed by atoms with Crippen LogP contribution in [-0.4, -0.2) is 16.4 Å². The zero-order chi connectivity index (χ0) is 18.7. The Bertz CT molecular complexity index is 855. The van der Waals surface area contributed by atoms with Gasteiger partial charge in [-0.25, -0.2) is 4.39 Å². The molecule has 2 aliphatic rings. The largest absolute Gasteiger partial charge is 0.512 e. The number of carbonyl (C=O) groups is 1. The van der Waals surface area contributed by atoms with Crippen molar-refractivity contribution >= 4 is 34.8 Å². The summed E-state index contributed by atoms with van der Waals surface area (Å²) < 4.78 is 14.0. The summed E-state index contributed by atoms with van der Waals surface area (Å²) in [5.41, 5.74) is 1.71. The third-order valence-corrected chi connectivity index (χ3v) is 5.45. The van der Waals surface area contributed by atoms with E-state index in [9.17, 15) is 14.3 Å². The Hall–Kier alpha value is -2.24. The Morgan fingerprint density at radius 3 is 2.77 bits per heavy atom. The Balaban J connectivity index is 1.79. The number of allylic oxidation sites excluding steroid dienone is 4.